The van der Waals surface area contributed by atoms with Crippen molar-refractivity contribution in [3.8, 4) is 5.75 Å². The Bertz CT molecular complexity index is 399. The summed E-state index contributed by atoms with van der Waals surface area (Å²) in [5, 5.41) is 0. The second-order valence-electron chi connectivity index (χ2n) is 3.77. The van der Waals surface area contributed by atoms with Crippen LogP contribution in [0.2, 0.25) is 0 Å². The van der Waals surface area contributed by atoms with E-state index in [0.29, 0.717) is 12.4 Å². The molecule has 0 fully saturated rings. The Morgan fingerprint density at radius 2 is 2.24 bits per heavy atom. The van der Waals surface area contributed by atoms with Gasteiger partial charge in [0.15, 0.2) is 5.78 Å². The molecule has 0 aliphatic rings. The number of unbranched alkanes of at least 4 members (excludes halogenated alkanes) is 2. The summed E-state index contributed by atoms with van der Waals surface area (Å²) < 4.78 is 18.9. The van der Waals surface area contributed by atoms with Crippen LogP contribution in [0.25, 0.3) is 0 Å². The SMILES string of the molecule is C=CC(=O)c1ccc(OCCCCC)cc1F. The van der Waals surface area contributed by atoms with Crippen molar-refractivity contribution in [3.05, 3.63) is 42.2 Å². The summed E-state index contributed by atoms with van der Waals surface area (Å²) in [7, 11) is 0. The summed E-state index contributed by atoms with van der Waals surface area (Å²) >= 11 is 0. The normalized spacial score (nSPS) is 10.0. The summed E-state index contributed by atoms with van der Waals surface area (Å²) in [4.78, 5) is 11.2. The Morgan fingerprint density at radius 3 is 2.82 bits per heavy atom. The van der Waals surface area contributed by atoms with Crippen LogP contribution in [0, 0.1) is 5.82 Å². The summed E-state index contributed by atoms with van der Waals surface area (Å²) in [5.74, 6) is -0.526. The molecule has 0 radical (unpaired) electrons. The van der Waals surface area contributed by atoms with Gasteiger partial charge in [0, 0.05) is 6.07 Å². The van der Waals surface area contributed by atoms with E-state index in [1.165, 1.54) is 12.1 Å². The van der Waals surface area contributed by atoms with Crippen LogP contribution < -0.4 is 4.74 Å². The van der Waals surface area contributed by atoms with Gasteiger partial charge in [-0.05, 0) is 24.6 Å². The number of ketones is 1. The molecule has 0 N–H and O–H groups in total. The van der Waals surface area contributed by atoms with Gasteiger partial charge < -0.3 is 4.74 Å². The van der Waals surface area contributed by atoms with Crippen LogP contribution in [-0.2, 0) is 0 Å². The zero-order valence-electron chi connectivity index (χ0n) is 10.0. The zero-order valence-corrected chi connectivity index (χ0v) is 10.0. The topological polar surface area (TPSA) is 26.3 Å². The fourth-order valence-corrected chi connectivity index (χ4v) is 1.44. The van der Waals surface area contributed by atoms with Gasteiger partial charge in [0.2, 0.25) is 0 Å². The summed E-state index contributed by atoms with van der Waals surface area (Å²) in [5.41, 5.74) is 0.0286. The Balaban J connectivity index is 2.62. The molecule has 0 saturated heterocycles. The van der Waals surface area contributed by atoms with Gasteiger partial charge in [0.1, 0.15) is 11.6 Å². The van der Waals surface area contributed by atoms with E-state index in [-0.39, 0.29) is 5.56 Å². The van der Waals surface area contributed by atoms with Gasteiger partial charge in [-0.3, -0.25) is 4.79 Å². The molecule has 3 heteroatoms. The molecular weight excluding hydrogens is 219 g/mol. The van der Waals surface area contributed by atoms with Gasteiger partial charge in [-0.15, -0.1) is 0 Å². The number of rotatable bonds is 7. The first-order chi connectivity index (χ1) is 8.19. The van der Waals surface area contributed by atoms with Crippen molar-refractivity contribution in [2.45, 2.75) is 26.2 Å². The molecular formula is C14H17FO2. The molecule has 0 aromatic heterocycles. The van der Waals surface area contributed by atoms with Crippen LogP contribution in [-0.4, -0.2) is 12.4 Å². The fraction of sp³-hybridized carbons (Fsp3) is 0.357. The van der Waals surface area contributed by atoms with E-state index in [2.05, 4.69) is 13.5 Å². The van der Waals surface area contributed by atoms with Crippen LogP contribution >= 0.6 is 0 Å². The lowest BCUT2D eigenvalue weighted by atomic mass is 10.1. The predicted molar refractivity (Wildman–Crippen MR) is 65.9 cm³/mol. The first-order valence-corrected chi connectivity index (χ1v) is 5.78. The van der Waals surface area contributed by atoms with Gasteiger partial charge in [0.25, 0.3) is 0 Å². The first-order valence-electron chi connectivity index (χ1n) is 5.78. The minimum Gasteiger partial charge on any atom is -0.493 e. The standard InChI is InChI=1S/C14H17FO2/c1-3-5-6-9-17-11-7-8-12(13(15)10-11)14(16)4-2/h4,7-8,10H,2-3,5-6,9H2,1H3. The monoisotopic (exact) mass is 236 g/mol. The van der Waals surface area contributed by atoms with Crippen molar-refractivity contribution >= 4 is 5.78 Å². The van der Waals surface area contributed by atoms with Gasteiger partial charge >= 0.3 is 0 Å². The highest BCUT2D eigenvalue weighted by atomic mass is 19.1. The maximum absolute atomic E-state index is 13.5. The highest BCUT2D eigenvalue weighted by molar-refractivity contribution is 6.04. The second-order valence-corrected chi connectivity index (χ2v) is 3.77. The quantitative estimate of drug-likeness (QED) is 0.409. The third-order valence-corrected chi connectivity index (χ3v) is 2.41. The average Bonchev–Trinajstić information content (AvgIpc) is 2.34. The Hall–Kier alpha value is -1.64. The number of halogens is 1. The summed E-state index contributed by atoms with van der Waals surface area (Å²) in [6, 6.07) is 4.27. The minimum absolute atomic E-state index is 0.0286. The van der Waals surface area contributed by atoms with Crippen molar-refractivity contribution in [1.82, 2.24) is 0 Å². The van der Waals surface area contributed by atoms with Crippen molar-refractivity contribution in [1.29, 1.82) is 0 Å². The van der Waals surface area contributed by atoms with E-state index < -0.39 is 11.6 Å². The average molecular weight is 236 g/mol. The smallest absolute Gasteiger partial charge is 0.188 e. The molecule has 0 spiro atoms. The molecule has 0 unspecified atom stereocenters. The summed E-state index contributed by atoms with van der Waals surface area (Å²) in [6.07, 6.45) is 4.26. The van der Waals surface area contributed by atoms with Crippen molar-refractivity contribution < 1.29 is 13.9 Å². The third kappa shape index (κ3) is 4.02. The molecule has 1 aromatic rings. The molecule has 0 atom stereocenters. The van der Waals surface area contributed by atoms with Crippen LogP contribution in [0.1, 0.15) is 36.5 Å². The molecule has 0 saturated carbocycles. The lowest BCUT2D eigenvalue weighted by molar-refractivity contribution is 0.104. The van der Waals surface area contributed by atoms with E-state index in [1.807, 2.05) is 0 Å². The van der Waals surface area contributed by atoms with Crippen LogP contribution in [0.15, 0.2) is 30.9 Å². The molecule has 92 valence electrons. The van der Waals surface area contributed by atoms with Gasteiger partial charge in [-0.1, -0.05) is 26.3 Å². The Labute approximate surface area is 101 Å². The zero-order chi connectivity index (χ0) is 12.7. The molecule has 0 aliphatic carbocycles. The van der Waals surface area contributed by atoms with Gasteiger partial charge in [-0.2, -0.15) is 0 Å². The van der Waals surface area contributed by atoms with E-state index in [4.69, 9.17) is 4.74 Å². The maximum atomic E-state index is 13.5. The number of allylic oxidation sites excluding steroid dienone is 1. The molecule has 17 heavy (non-hydrogen) atoms. The number of carbonyl (C=O) groups is 1. The predicted octanol–water partition coefficient (Wildman–Crippen LogP) is 3.76. The van der Waals surface area contributed by atoms with E-state index in [0.717, 1.165) is 25.3 Å². The maximum Gasteiger partial charge on any atom is 0.188 e. The fourth-order valence-electron chi connectivity index (χ4n) is 1.44. The number of carbonyl (C=O) groups excluding carboxylic acids is 1. The molecule has 0 amide bonds. The van der Waals surface area contributed by atoms with Crippen LogP contribution in [0.4, 0.5) is 4.39 Å². The number of hydrogen-bond donors (Lipinski definition) is 0. The number of hydrogen-bond acceptors (Lipinski definition) is 2. The van der Waals surface area contributed by atoms with Crippen molar-refractivity contribution in [3.63, 3.8) is 0 Å². The number of ether oxygens (including phenoxy) is 1. The summed E-state index contributed by atoms with van der Waals surface area (Å²) in [6.45, 7) is 6.00. The van der Waals surface area contributed by atoms with Crippen molar-refractivity contribution in [2.75, 3.05) is 6.61 Å². The lowest BCUT2D eigenvalue weighted by Crippen LogP contribution is -2.01. The largest absolute Gasteiger partial charge is 0.493 e. The lowest BCUT2D eigenvalue weighted by Gasteiger charge is -2.07. The van der Waals surface area contributed by atoms with Crippen molar-refractivity contribution in [2.24, 2.45) is 0 Å². The highest BCUT2D eigenvalue weighted by Crippen LogP contribution is 2.17. The Morgan fingerprint density at radius 1 is 1.47 bits per heavy atom. The van der Waals surface area contributed by atoms with Crippen LogP contribution in [0.5, 0.6) is 5.75 Å². The Kier molecular flexibility index (Phi) is 5.40. The number of benzene rings is 1. The molecule has 0 heterocycles. The first kappa shape index (κ1) is 13.4. The molecule has 2 nitrogen and oxygen atoms in total. The van der Waals surface area contributed by atoms with Gasteiger partial charge in [0.05, 0.1) is 12.2 Å². The third-order valence-electron chi connectivity index (χ3n) is 2.41. The van der Waals surface area contributed by atoms with E-state index >= 15 is 0 Å². The van der Waals surface area contributed by atoms with Crippen LogP contribution in [0.3, 0.4) is 0 Å². The van der Waals surface area contributed by atoms with Gasteiger partial charge in [-0.25, -0.2) is 4.39 Å². The second kappa shape index (κ2) is 6.84. The molecule has 0 aliphatic heterocycles. The highest BCUT2D eigenvalue weighted by Gasteiger charge is 2.09. The minimum atomic E-state index is -0.567. The van der Waals surface area contributed by atoms with E-state index in [1.54, 1.807) is 6.07 Å². The van der Waals surface area contributed by atoms with E-state index in [9.17, 15) is 9.18 Å². The molecule has 1 rings (SSSR count). The molecule has 1 aromatic carbocycles. The molecule has 0 bridgehead atoms.